The van der Waals surface area contributed by atoms with Crippen molar-refractivity contribution in [1.82, 2.24) is 0 Å². The number of thiophene rings is 1. The number of ether oxygens (including phenoxy) is 1. The Balaban J connectivity index is 2.22. The first-order chi connectivity index (χ1) is 5.83. The molecule has 1 aromatic heterocycles. The molecule has 0 radical (unpaired) electrons. The lowest BCUT2D eigenvalue weighted by Crippen LogP contribution is -2.06. The second-order valence-corrected chi connectivity index (χ2v) is 4.11. The van der Waals surface area contributed by atoms with E-state index in [2.05, 4.69) is 16.8 Å². The van der Waals surface area contributed by atoms with Gasteiger partial charge in [-0.3, -0.25) is 0 Å². The molecule has 1 atom stereocenters. The van der Waals surface area contributed by atoms with Gasteiger partial charge >= 0.3 is 0 Å². The van der Waals surface area contributed by atoms with E-state index in [1.54, 1.807) is 18.4 Å². The highest BCUT2D eigenvalue weighted by Crippen LogP contribution is 2.13. The highest BCUT2D eigenvalue weighted by molar-refractivity contribution is 7.07. The van der Waals surface area contributed by atoms with E-state index in [9.17, 15) is 0 Å². The van der Waals surface area contributed by atoms with Gasteiger partial charge in [-0.25, -0.2) is 0 Å². The maximum absolute atomic E-state index is 6.08. The van der Waals surface area contributed by atoms with Crippen LogP contribution in [0.4, 0.5) is 0 Å². The van der Waals surface area contributed by atoms with Gasteiger partial charge in [0.1, 0.15) is 0 Å². The molecule has 0 aliphatic carbocycles. The third-order valence-electron chi connectivity index (χ3n) is 1.67. The standard InChI is InChI=1S/C9H13ClOS/c1-11-4-2-9(10)6-8-3-5-12-7-8/h3,5,7,9H,2,4,6H2,1H3. The van der Waals surface area contributed by atoms with Crippen molar-refractivity contribution in [2.45, 2.75) is 18.2 Å². The molecule has 68 valence electrons. The molecule has 1 aromatic rings. The molecule has 0 aromatic carbocycles. The molecule has 0 fully saturated rings. The molecular formula is C9H13ClOS. The van der Waals surface area contributed by atoms with Gasteiger partial charge in [-0.1, -0.05) is 0 Å². The minimum Gasteiger partial charge on any atom is -0.385 e. The second-order valence-electron chi connectivity index (χ2n) is 2.71. The fraction of sp³-hybridized carbons (Fsp3) is 0.556. The average molecular weight is 205 g/mol. The van der Waals surface area contributed by atoms with E-state index in [1.807, 2.05) is 0 Å². The summed E-state index contributed by atoms with van der Waals surface area (Å²) in [4.78, 5) is 0. The summed E-state index contributed by atoms with van der Waals surface area (Å²) in [5.41, 5.74) is 1.33. The van der Waals surface area contributed by atoms with Gasteiger partial charge in [0, 0.05) is 19.1 Å². The minimum atomic E-state index is 0.208. The van der Waals surface area contributed by atoms with E-state index < -0.39 is 0 Å². The van der Waals surface area contributed by atoms with Crippen LogP contribution in [0.5, 0.6) is 0 Å². The van der Waals surface area contributed by atoms with Crippen LogP contribution in [0.15, 0.2) is 16.8 Å². The molecule has 0 saturated heterocycles. The van der Waals surface area contributed by atoms with Crippen molar-refractivity contribution < 1.29 is 4.74 Å². The van der Waals surface area contributed by atoms with Crippen LogP contribution in [0.1, 0.15) is 12.0 Å². The highest BCUT2D eigenvalue weighted by atomic mass is 35.5. The number of hydrogen-bond acceptors (Lipinski definition) is 2. The predicted molar refractivity (Wildman–Crippen MR) is 54.2 cm³/mol. The Morgan fingerprint density at radius 2 is 2.50 bits per heavy atom. The van der Waals surface area contributed by atoms with Crippen molar-refractivity contribution in [2.24, 2.45) is 0 Å². The average Bonchev–Trinajstić information content (AvgIpc) is 2.53. The highest BCUT2D eigenvalue weighted by Gasteiger charge is 2.05. The molecule has 0 bridgehead atoms. The zero-order valence-electron chi connectivity index (χ0n) is 7.13. The molecule has 1 heterocycles. The maximum atomic E-state index is 6.08. The first-order valence-corrected chi connectivity index (χ1v) is 5.35. The minimum absolute atomic E-state index is 0.208. The van der Waals surface area contributed by atoms with Crippen LogP contribution in [0, 0.1) is 0 Å². The number of rotatable bonds is 5. The van der Waals surface area contributed by atoms with Crippen LogP contribution in [0.2, 0.25) is 0 Å². The van der Waals surface area contributed by atoms with Crippen molar-refractivity contribution >= 4 is 22.9 Å². The Kier molecular flexibility index (Phi) is 4.66. The first-order valence-electron chi connectivity index (χ1n) is 3.97. The second kappa shape index (κ2) is 5.57. The number of hydrogen-bond donors (Lipinski definition) is 0. The van der Waals surface area contributed by atoms with E-state index >= 15 is 0 Å². The van der Waals surface area contributed by atoms with E-state index in [1.165, 1.54) is 5.56 Å². The normalized spacial score (nSPS) is 13.2. The third-order valence-corrected chi connectivity index (χ3v) is 2.78. The van der Waals surface area contributed by atoms with Crippen LogP contribution < -0.4 is 0 Å². The smallest absolute Gasteiger partial charge is 0.0476 e. The monoisotopic (exact) mass is 204 g/mol. The SMILES string of the molecule is COCCC(Cl)Cc1ccsc1. The van der Waals surface area contributed by atoms with Crippen molar-refractivity contribution in [3.8, 4) is 0 Å². The lowest BCUT2D eigenvalue weighted by Gasteiger charge is -2.06. The molecule has 0 amide bonds. The molecule has 0 aliphatic heterocycles. The molecule has 1 unspecified atom stereocenters. The quantitative estimate of drug-likeness (QED) is 0.671. The summed E-state index contributed by atoms with van der Waals surface area (Å²) < 4.78 is 4.95. The maximum Gasteiger partial charge on any atom is 0.0476 e. The summed E-state index contributed by atoms with van der Waals surface area (Å²) >= 11 is 7.79. The Labute approximate surface area is 82.3 Å². The van der Waals surface area contributed by atoms with Gasteiger partial charge in [0.05, 0.1) is 0 Å². The molecule has 3 heteroatoms. The topological polar surface area (TPSA) is 9.23 Å². The van der Waals surface area contributed by atoms with E-state index in [-0.39, 0.29) is 5.38 Å². The molecule has 1 nitrogen and oxygen atoms in total. The predicted octanol–water partition coefficient (Wildman–Crippen LogP) is 2.93. The number of methoxy groups -OCH3 is 1. The molecule has 0 spiro atoms. The molecule has 0 N–H and O–H groups in total. The van der Waals surface area contributed by atoms with Gasteiger partial charge in [0.2, 0.25) is 0 Å². The van der Waals surface area contributed by atoms with Crippen molar-refractivity contribution in [2.75, 3.05) is 13.7 Å². The van der Waals surface area contributed by atoms with Crippen molar-refractivity contribution in [3.63, 3.8) is 0 Å². The van der Waals surface area contributed by atoms with E-state index in [0.29, 0.717) is 0 Å². The summed E-state index contributed by atoms with van der Waals surface area (Å²) in [7, 11) is 1.70. The van der Waals surface area contributed by atoms with Crippen LogP contribution >= 0.6 is 22.9 Å². The Bertz CT molecular complexity index is 198. The summed E-state index contributed by atoms with van der Waals surface area (Å²) in [6, 6.07) is 2.12. The molecular weight excluding hydrogens is 192 g/mol. The summed E-state index contributed by atoms with van der Waals surface area (Å²) in [5, 5.41) is 4.43. The van der Waals surface area contributed by atoms with Crippen LogP contribution in [0.3, 0.4) is 0 Å². The number of halogens is 1. The third kappa shape index (κ3) is 3.57. The Hall–Kier alpha value is -0.0500. The lowest BCUT2D eigenvalue weighted by molar-refractivity contribution is 0.194. The Morgan fingerprint density at radius 3 is 3.08 bits per heavy atom. The fourth-order valence-electron chi connectivity index (χ4n) is 1.01. The van der Waals surface area contributed by atoms with Gasteiger partial charge in [-0.2, -0.15) is 11.3 Å². The van der Waals surface area contributed by atoms with Gasteiger partial charge in [-0.05, 0) is 35.2 Å². The molecule has 12 heavy (non-hydrogen) atoms. The van der Waals surface area contributed by atoms with Crippen LogP contribution in [-0.4, -0.2) is 19.1 Å². The lowest BCUT2D eigenvalue weighted by atomic mass is 10.1. The molecule has 0 saturated carbocycles. The molecule has 1 rings (SSSR count). The van der Waals surface area contributed by atoms with Gasteiger partial charge in [0.25, 0.3) is 0 Å². The largest absolute Gasteiger partial charge is 0.385 e. The molecule has 0 aliphatic rings. The zero-order valence-corrected chi connectivity index (χ0v) is 8.70. The first kappa shape index (κ1) is 10.0. The number of alkyl halides is 1. The van der Waals surface area contributed by atoms with Gasteiger partial charge < -0.3 is 4.74 Å². The Morgan fingerprint density at radius 1 is 1.67 bits per heavy atom. The summed E-state index contributed by atoms with van der Waals surface area (Å²) in [6.07, 6.45) is 1.88. The summed E-state index contributed by atoms with van der Waals surface area (Å²) in [6.45, 7) is 0.748. The van der Waals surface area contributed by atoms with Gasteiger partial charge in [0.15, 0.2) is 0 Å². The van der Waals surface area contributed by atoms with Crippen molar-refractivity contribution in [1.29, 1.82) is 0 Å². The van der Waals surface area contributed by atoms with Crippen LogP contribution in [0.25, 0.3) is 0 Å². The van der Waals surface area contributed by atoms with E-state index in [4.69, 9.17) is 16.3 Å². The zero-order chi connectivity index (χ0) is 8.81. The van der Waals surface area contributed by atoms with Crippen LogP contribution in [-0.2, 0) is 11.2 Å². The fourth-order valence-corrected chi connectivity index (χ4v) is 1.96. The summed E-state index contributed by atoms with van der Waals surface area (Å²) in [5.74, 6) is 0. The van der Waals surface area contributed by atoms with E-state index in [0.717, 1.165) is 19.4 Å². The van der Waals surface area contributed by atoms with Gasteiger partial charge in [-0.15, -0.1) is 11.6 Å². The van der Waals surface area contributed by atoms with Crippen molar-refractivity contribution in [3.05, 3.63) is 22.4 Å².